The molecule has 0 spiro atoms. The zero-order valence-corrected chi connectivity index (χ0v) is 7.42. The van der Waals surface area contributed by atoms with E-state index in [1.54, 1.807) is 0 Å². The SMILES string of the molecule is [CH2]OC/C=C/c1ccccc1Cl. The summed E-state index contributed by atoms with van der Waals surface area (Å²) in [5.74, 6) is 0. The van der Waals surface area contributed by atoms with E-state index in [1.807, 2.05) is 36.4 Å². The first-order valence-electron chi connectivity index (χ1n) is 3.62. The van der Waals surface area contributed by atoms with Crippen LogP contribution in [0.2, 0.25) is 5.02 Å². The minimum absolute atomic E-state index is 0.505. The smallest absolute Gasteiger partial charge is 0.0704 e. The quantitative estimate of drug-likeness (QED) is 0.696. The predicted octanol–water partition coefficient (Wildman–Crippen LogP) is 3.16. The van der Waals surface area contributed by atoms with E-state index in [9.17, 15) is 0 Å². The maximum absolute atomic E-state index is 5.90. The second-order valence-electron chi connectivity index (χ2n) is 2.29. The van der Waals surface area contributed by atoms with Crippen molar-refractivity contribution in [1.82, 2.24) is 0 Å². The molecule has 0 saturated carbocycles. The van der Waals surface area contributed by atoms with Gasteiger partial charge < -0.3 is 4.74 Å². The molecule has 1 nitrogen and oxygen atoms in total. The monoisotopic (exact) mass is 181 g/mol. The highest BCUT2D eigenvalue weighted by Gasteiger charge is 1.91. The summed E-state index contributed by atoms with van der Waals surface area (Å²) < 4.78 is 4.62. The number of ether oxygens (including phenoxy) is 1. The van der Waals surface area contributed by atoms with Crippen LogP contribution in [-0.2, 0) is 4.74 Å². The van der Waals surface area contributed by atoms with Crippen LogP contribution in [0.3, 0.4) is 0 Å². The van der Waals surface area contributed by atoms with Gasteiger partial charge in [0.2, 0.25) is 0 Å². The van der Waals surface area contributed by atoms with Crippen LogP contribution in [0.25, 0.3) is 6.08 Å². The summed E-state index contributed by atoms with van der Waals surface area (Å²) in [6.45, 7) is 0.505. The van der Waals surface area contributed by atoms with Crippen molar-refractivity contribution in [3.05, 3.63) is 48.0 Å². The highest BCUT2D eigenvalue weighted by molar-refractivity contribution is 6.32. The lowest BCUT2D eigenvalue weighted by molar-refractivity contribution is 0.282. The first kappa shape index (κ1) is 9.30. The molecule has 0 aromatic heterocycles. The first-order chi connectivity index (χ1) is 5.84. The highest BCUT2D eigenvalue weighted by Crippen LogP contribution is 2.15. The van der Waals surface area contributed by atoms with E-state index >= 15 is 0 Å². The van der Waals surface area contributed by atoms with Crippen molar-refractivity contribution >= 4 is 17.7 Å². The topological polar surface area (TPSA) is 9.23 Å². The van der Waals surface area contributed by atoms with Crippen molar-refractivity contribution < 1.29 is 4.74 Å². The van der Waals surface area contributed by atoms with Gasteiger partial charge in [-0.2, -0.15) is 0 Å². The summed E-state index contributed by atoms with van der Waals surface area (Å²) in [6.07, 6.45) is 3.78. The molecule has 0 aliphatic rings. The number of hydrogen-bond acceptors (Lipinski definition) is 1. The summed E-state index contributed by atoms with van der Waals surface area (Å²) >= 11 is 5.90. The zero-order chi connectivity index (χ0) is 8.81. The normalized spacial score (nSPS) is 10.8. The lowest BCUT2D eigenvalue weighted by Crippen LogP contribution is -1.78. The number of rotatable bonds is 3. The molecule has 0 aliphatic carbocycles. The molecule has 0 aliphatic heterocycles. The Labute approximate surface area is 77.6 Å². The van der Waals surface area contributed by atoms with Crippen LogP contribution in [0.15, 0.2) is 30.3 Å². The third-order valence-corrected chi connectivity index (χ3v) is 1.76. The minimum Gasteiger partial charge on any atom is -0.375 e. The Balaban J connectivity index is 2.68. The maximum atomic E-state index is 5.90. The molecule has 0 unspecified atom stereocenters. The van der Waals surface area contributed by atoms with E-state index < -0.39 is 0 Å². The van der Waals surface area contributed by atoms with E-state index in [-0.39, 0.29) is 0 Å². The van der Waals surface area contributed by atoms with Crippen LogP contribution >= 0.6 is 11.6 Å². The van der Waals surface area contributed by atoms with Crippen LogP contribution in [-0.4, -0.2) is 6.61 Å². The Hall–Kier alpha value is -0.790. The zero-order valence-electron chi connectivity index (χ0n) is 6.66. The summed E-state index contributed by atoms with van der Waals surface area (Å²) in [5.41, 5.74) is 0.996. The van der Waals surface area contributed by atoms with Gasteiger partial charge in [-0.05, 0) is 11.6 Å². The van der Waals surface area contributed by atoms with Crippen molar-refractivity contribution in [2.75, 3.05) is 6.61 Å². The highest BCUT2D eigenvalue weighted by atomic mass is 35.5. The molecular formula is C10H10ClO. The molecule has 1 aromatic carbocycles. The third-order valence-electron chi connectivity index (χ3n) is 1.42. The second-order valence-corrected chi connectivity index (χ2v) is 2.70. The molecule has 1 radical (unpaired) electrons. The largest absolute Gasteiger partial charge is 0.375 e. The minimum atomic E-state index is 0.505. The van der Waals surface area contributed by atoms with Crippen molar-refractivity contribution in [3.63, 3.8) is 0 Å². The summed E-state index contributed by atoms with van der Waals surface area (Å²) in [7, 11) is 3.26. The van der Waals surface area contributed by atoms with Gasteiger partial charge in [0.15, 0.2) is 0 Å². The molecule has 0 bridgehead atoms. The van der Waals surface area contributed by atoms with Crippen molar-refractivity contribution in [2.24, 2.45) is 0 Å². The van der Waals surface area contributed by atoms with E-state index in [0.717, 1.165) is 10.6 Å². The van der Waals surface area contributed by atoms with E-state index in [1.165, 1.54) is 0 Å². The summed E-state index contributed by atoms with van der Waals surface area (Å²) in [5, 5.41) is 0.748. The van der Waals surface area contributed by atoms with E-state index in [4.69, 9.17) is 11.6 Å². The summed E-state index contributed by atoms with van der Waals surface area (Å²) in [4.78, 5) is 0. The fraction of sp³-hybridized carbons (Fsp3) is 0.100. The van der Waals surface area contributed by atoms with Crippen LogP contribution in [0.5, 0.6) is 0 Å². The molecule has 0 saturated heterocycles. The van der Waals surface area contributed by atoms with Crippen LogP contribution in [0.4, 0.5) is 0 Å². The average Bonchev–Trinajstić information content (AvgIpc) is 2.09. The van der Waals surface area contributed by atoms with Gasteiger partial charge in [0, 0.05) is 5.02 Å². The van der Waals surface area contributed by atoms with Gasteiger partial charge in [-0.3, -0.25) is 0 Å². The molecule has 0 fully saturated rings. The molecule has 0 heterocycles. The van der Waals surface area contributed by atoms with Crippen LogP contribution in [0.1, 0.15) is 5.56 Å². The Kier molecular flexibility index (Phi) is 3.85. The molecule has 1 aromatic rings. The Morgan fingerprint density at radius 1 is 1.42 bits per heavy atom. The molecule has 2 heteroatoms. The van der Waals surface area contributed by atoms with Crippen molar-refractivity contribution in [3.8, 4) is 0 Å². The van der Waals surface area contributed by atoms with Gasteiger partial charge in [0.1, 0.15) is 0 Å². The molecule has 12 heavy (non-hydrogen) atoms. The molecule has 0 atom stereocenters. The Morgan fingerprint density at radius 2 is 2.17 bits per heavy atom. The predicted molar refractivity (Wildman–Crippen MR) is 51.8 cm³/mol. The average molecular weight is 182 g/mol. The Bertz CT molecular complexity index is 268. The molecular weight excluding hydrogens is 172 g/mol. The lowest BCUT2D eigenvalue weighted by atomic mass is 10.2. The molecule has 0 N–H and O–H groups in total. The molecule has 63 valence electrons. The fourth-order valence-electron chi connectivity index (χ4n) is 0.853. The summed E-state index contributed by atoms with van der Waals surface area (Å²) in [6, 6.07) is 7.64. The van der Waals surface area contributed by atoms with Gasteiger partial charge in [-0.1, -0.05) is 42.0 Å². The molecule has 0 amide bonds. The van der Waals surface area contributed by atoms with Gasteiger partial charge >= 0.3 is 0 Å². The van der Waals surface area contributed by atoms with E-state index in [2.05, 4.69) is 11.8 Å². The number of halogens is 1. The fourth-order valence-corrected chi connectivity index (χ4v) is 1.05. The van der Waals surface area contributed by atoms with Gasteiger partial charge in [-0.15, -0.1) is 0 Å². The maximum Gasteiger partial charge on any atom is 0.0704 e. The van der Waals surface area contributed by atoms with Gasteiger partial charge in [0.05, 0.1) is 13.7 Å². The first-order valence-corrected chi connectivity index (χ1v) is 4.00. The van der Waals surface area contributed by atoms with Gasteiger partial charge in [-0.25, -0.2) is 0 Å². The van der Waals surface area contributed by atoms with Gasteiger partial charge in [0.25, 0.3) is 0 Å². The lowest BCUT2D eigenvalue weighted by Gasteiger charge is -1.95. The third kappa shape index (κ3) is 2.68. The van der Waals surface area contributed by atoms with Crippen molar-refractivity contribution in [1.29, 1.82) is 0 Å². The number of benzene rings is 1. The molecule has 1 rings (SSSR count). The van der Waals surface area contributed by atoms with Crippen molar-refractivity contribution in [2.45, 2.75) is 0 Å². The standard InChI is InChI=1S/C10H10ClO/c1-12-8-4-6-9-5-2-3-7-10(9)11/h2-7H,1,8H2/b6-4+. The van der Waals surface area contributed by atoms with Crippen LogP contribution < -0.4 is 0 Å². The van der Waals surface area contributed by atoms with Crippen LogP contribution in [0, 0.1) is 7.11 Å². The second kappa shape index (κ2) is 4.96. The van der Waals surface area contributed by atoms with E-state index in [0.29, 0.717) is 6.61 Å². The Morgan fingerprint density at radius 3 is 2.83 bits per heavy atom. The number of hydrogen-bond donors (Lipinski definition) is 0.